The van der Waals surface area contributed by atoms with Gasteiger partial charge in [-0.25, -0.2) is 0 Å². The minimum absolute atomic E-state index is 0. The van der Waals surface area contributed by atoms with Crippen LogP contribution in [0.4, 0.5) is 5.69 Å². The standard InChI is InChI=1S/C10H11NO3S.Na/c12-9(6-15-7-10(13)14)11-8-4-2-1-3-5-8;/h1-5H,6-7H2,(H,11,12)(H,13,14);/q;+1/p-1. The van der Waals surface area contributed by atoms with E-state index in [-0.39, 0.29) is 47.0 Å². The van der Waals surface area contributed by atoms with Crippen LogP contribution in [0.15, 0.2) is 30.3 Å². The molecule has 1 aromatic rings. The molecule has 0 saturated heterocycles. The number of benzene rings is 1. The van der Waals surface area contributed by atoms with Gasteiger partial charge in [-0.05, 0) is 12.1 Å². The molecule has 1 aromatic carbocycles. The second kappa shape index (κ2) is 8.64. The maximum Gasteiger partial charge on any atom is 1.00 e. The van der Waals surface area contributed by atoms with E-state index in [1.165, 1.54) is 0 Å². The number of carboxylic acid groups (broad SMARTS) is 1. The monoisotopic (exact) mass is 247 g/mol. The summed E-state index contributed by atoms with van der Waals surface area (Å²) in [5, 5.41) is 12.7. The molecule has 0 aliphatic carbocycles. The number of aliphatic carboxylic acids is 1. The SMILES string of the molecule is O=C([O-])CSCC(=O)Nc1ccccc1.[Na+]. The molecule has 1 amide bonds. The van der Waals surface area contributed by atoms with Gasteiger partial charge >= 0.3 is 29.6 Å². The summed E-state index contributed by atoms with van der Waals surface area (Å²) in [6.45, 7) is 0. The normalized spacial score (nSPS) is 9.00. The van der Waals surface area contributed by atoms with Crippen molar-refractivity contribution >= 4 is 29.3 Å². The smallest absolute Gasteiger partial charge is 0.549 e. The Hall–Kier alpha value is -0.490. The molecule has 0 fully saturated rings. The molecule has 0 unspecified atom stereocenters. The molecule has 0 bridgehead atoms. The number of rotatable bonds is 5. The van der Waals surface area contributed by atoms with E-state index in [1.54, 1.807) is 12.1 Å². The molecule has 80 valence electrons. The van der Waals surface area contributed by atoms with Crippen molar-refractivity contribution in [2.75, 3.05) is 16.8 Å². The molecule has 4 nitrogen and oxygen atoms in total. The minimum atomic E-state index is -1.16. The Morgan fingerprint density at radius 3 is 2.38 bits per heavy atom. The van der Waals surface area contributed by atoms with Gasteiger partial charge in [-0.1, -0.05) is 18.2 Å². The Balaban J connectivity index is 0.00000225. The minimum Gasteiger partial charge on any atom is -0.549 e. The predicted octanol–water partition coefficient (Wildman–Crippen LogP) is -2.89. The van der Waals surface area contributed by atoms with Crippen LogP contribution in [-0.4, -0.2) is 23.4 Å². The van der Waals surface area contributed by atoms with E-state index in [2.05, 4.69) is 5.32 Å². The van der Waals surface area contributed by atoms with Gasteiger partial charge < -0.3 is 15.2 Å². The fraction of sp³-hybridized carbons (Fsp3) is 0.200. The molecule has 0 heterocycles. The number of thioether (sulfide) groups is 1. The molecule has 16 heavy (non-hydrogen) atoms. The van der Waals surface area contributed by atoms with Gasteiger partial charge in [0.1, 0.15) is 0 Å². The summed E-state index contributed by atoms with van der Waals surface area (Å²) in [6, 6.07) is 9.00. The van der Waals surface area contributed by atoms with Crippen LogP contribution in [0.5, 0.6) is 0 Å². The summed E-state index contributed by atoms with van der Waals surface area (Å²) in [6.07, 6.45) is 0. The summed E-state index contributed by atoms with van der Waals surface area (Å²) in [5.41, 5.74) is 0.705. The molecule has 1 N–H and O–H groups in total. The Morgan fingerprint density at radius 1 is 1.19 bits per heavy atom. The second-order valence-electron chi connectivity index (χ2n) is 2.78. The van der Waals surface area contributed by atoms with E-state index in [1.807, 2.05) is 18.2 Å². The number of carboxylic acids is 1. The van der Waals surface area contributed by atoms with Gasteiger partial charge in [0.2, 0.25) is 5.91 Å². The van der Waals surface area contributed by atoms with Crippen LogP contribution in [0, 0.1) is 0 Å². The number of nitrogens with one attached hydrogen (secondary N) is 1. The zero-order valence-electron chi connectivity index (χ0n) is 8.93. The summed E-state index contributed by atoms with van der Waals surface area (Å²) in [5.74, 6) is -1.43. The van der Waals surface area contributed by atoms with Crippen LogP contribution >= 0.6 is 11.8 Å². The molecule has 0 aliphatic rings. The maximum absolute atomic E-state index is 11.2. The number of carbonyl (C=O) groups is 2. The Labute approximate surface area is 120 Å². The van der Waals surface area contributed by atoms with Crippen molar-refractivity contribution in [1.29, 1.82) is 0 Å². The van der Waals surface area contributed by atoms with Crippen LogP contribution < -0.4 is 40.0 Å². The van der Waals surface area contributed by atoms with Crippen LogP contribution in [-0.2, 0) is 9.59 Å². The number of hydrogen-bond donors (Lipinski definition) is 1. The third kappa shape index (κ3) is 6.90. The van der Waals surface area contributed by atoms with Crippen molar-refractivity contribution in [1.82, 2.24) is 0 Å². The van der Waals surface area contributed by atoms with Crippen molar-refractivity contribution in [3.63, 3.8) is 0 Å². The van der Waals surface area contributed by atoms with Gasteiger partial charge in [0.15, 0.2) is 0 Å². The Bertz CT molecular complexity index is 345. The summed E-state index contributed by atoms with van der Waals surface area (Å²) >= 11 is 1.01. The van der Waals surface area contributed by atoms with E-state index < -0.39 is 5.97 Å². The first-order chi connectivity index (χ1) is 7.18. The third-order valence-corrected chi connectivity index (χ3v) is 2.42. The van der Waals surface area contributed by atoms with E-state index in [0.29, 0.717) is 5.69 Å². The average Bonchev–Trinajstić information content (AvgIpc) is 2.18. The van der Waals surface area contributed by atoms with E-state index in [4.69, 9.17) is 0 Å². The van der Waals surface area contributed by atoms with Gasteiger partial charge in [0, 0.05) is 11.4 Å². The van der Waals surface area contributed by atoms with Crippen LogP contribution in [0.3, 0.4) is 0 Å². The number of anilines is 1. The molecular formula is C10H10NNaO3S. The van der Waals surface area contributed by atoms with E-state index >= 15 is 0 Å². The molecule has 0 spiro atoms. The largest absolute Gasteiger partial charge is 1.00 e. The van der Waals surface area contributed by atoms with Gasteiger partial charge in [-0.2, -0.15) is 0 Å². The average molecular weight is 247 g/mol. The van der Waals surface area contributed by atoms with Gasteiger partial charge in [-0.3, -0.25) is 4.79 Å². The Kier molecular flexibility index (Phi) is 8.37. The van der Waals surface area contributed by atoms with Crippen LogP contribution in [0.25, 0.3) is 0 Å². The number of amides is 1. The van der Waals surface area contributed by atoms with Gasteiger partial charge in [-0.15, -0.1) is 11.8 Å². The first-order valence-electron chi connectivity index (χ1n) is 4.31. The first kappa shape index (κ1) is 15.5. The molecule has 0 atom stereocenters. The molecule has 1 rings (SSSR count). The summed E-state index contributed by atoms with van der Waals surface area (Å²) < 4.78 is 0. The number of carbonyl (C=O) groups excluding carboxylic acids is 2. The van der Waals surface area contributed by atoms with Crippen LogP contribution in [0.1, 0.15) is 0 Å². The summed E-state index contributed by atoms with van der Waals surface area (Å²) in [4.78, 5) is 21.3. The topological polar surface area (TPSA) is 69.2 Å². The quantitative estimate of drug-likeness (QED) is 0.567. The van der Waals surface area contributed by atoms with Gasteiger partial charge in [0.05, 0.1) is 11.7 Å². The zero-order chi connectivity index (χ0) is 11.1. The zero-order valence-corrected chi connectivity index (χ0v) is 11.8. The van der Waals surface area contributed by atoms with Crippen molar-refractivity contribution < 1.29 is 44.3 Å². The van der Waals surface area contributed by atoms with Gasteiger partial charge in [0.25, 0.3) is 0 Å². The van der Waals surface area contributed by atoms with Crippen molar-refractivity contribution in [3.8, 4) is 0 Å². The molecular weight excluding hydrogens is 237 g/mol. The van der Waals surface area contributed by atoms with Crippen molar-refractivity contribution in [2.24, 2.45) is 0 Å². The number of para-hydroxylation sites is 1. The molecule has 6 heteroatoms. The number of hydrogen-bond acceptors (Lipinski definition) is 4. The third-order valence-electron chi connectivity index (χ3n) is 1.51. The fourth-order valence-corrected chi connectivity index (χ4v) is 1.47. The van der Waals surface area contributed by atoms with Crippen LogP contribution in [0.2, 0.25) is 0 Å². The Morgan fingerprint density at radius 2 is 1.81 bits per heavy atom. The molecule has 0 aromatic heterocycles. The van der Waals surface area contributed by atoms with Crippen molar-refractivity contribution in [3.05, 3.63) is 30.3 Å². The fourth-order valence-electron chi connectivity index (χ4n) is 0.946. The summed E-state index contributed by atoms with van der Waals surface area (Å²) in [7, 11) is 0. The molecule has 0 radical (unpaired) electrons. The second-order valence-corrected chi connectivity index (χ2v) is 3.76. The predicted molar refractivity (Wildman–Crippen MR) is 57.4 cm³/mol. The first-order valence-corrected chi connectivity index (χ1v) is 5.46. The van der Waals surface area contributed by atoms with Crippen molar-refractivity contribution in [2.45, 2.75) is 0 Å². The maximum atomic E-state index is 11.2. The molecule has 0 saturated carbocycles. The molecule has 0 aliphatic heterocycles. The van der Waals surface area contributed by atoms with E-state index in [9.17, 15) is 14.7 Å². The van der Waals surface area contributed by atoms with E-state index in [0.717, 1.165) is 11.8 Å².